The van der Waals surface area contributed by atoms with Gasteiger partial charge in [0.15, 0.2) is 0 Å². The van der Waals surface area contributed by atoms with Gasteiger partial charge >= 0.3 is 0 Å². The number of hydrogen-bond donors (Lipinski definition) is 4. The van der Waals surface area contributed by atoms with Gasteiger partial charge in [0, 0.05) is 10.4 Å². The Kier molecular flexibility index (Phi) is 6.49. The number of nitrogens with zero attached hydrogens (tertiary/aromatic N) is 4. The third kappa shape index (κ3) is 5.04. The van der Waals surface area contributed by atoms with Gasteiger partial charge in [0.25, 0.3) is 0 Å². The van der Waals surface area contributed by atoms with E-state index in [0.29, 0.717) is 27.2 Å². The monoisotopic (exact) mass is 453 g/mol. The number of H-pyrrole nitrogens is 1. The van der Waals surface area contributed by atoms with Crippen LogP contribution in [-0.4, -0.2) is 38.2 Å². The molecule has 2 heterocycles. The summed E-state index contributed by atoms with van der Waals surface area (Å²) in [6, 6.07) is 9.06. The molecular formula is C20H19N7O2S2. The number of hydrogen-bond acceptors (Lipinski definition) is 9. The minimum atomic E-state index is -0.211. The summed E-state index contributed by atoms with van der Waals surface area (Å²) in [5.74, 6) is 0.342. The summed E-state index contributed by atoms with van der Waals surface area (Å²) < 4.78 is 0. The standard InChI is InChI=1S/C20H19N7O2S2/c21-9-14-13-6-2-4-8-16(13)31-18(14)23-17(29)11-30-20-24-19(26-27-20)25-22-10-12-5-1-3-7-15(12)28/h1,3,5,7,10,28H,2,4,6,8,11H2,(H,23,29)(H2,24,25,26,27)/b22-10-. The molecule has 9 nitrogen and oxygen atoms in total. The highest BCUT2D eigenvalue weighted by Crippen LogP contribution is 2.37. The van der Waals surface area contributed by atoms with E-state index in [-0.39, 0.29) is 17.4 Å². The molecule has 4 rings (SSSR count). The van der Waals surface area contributed by atoms with Gasteiger partial charge in [-0.1, -0.05) is 23.9 Å². The summed E-state index contributed by atoms with van der Waals surface area (Å²) in [6.07, 6.45) is 5.54. The lowest BCUT2D eigenvalue weighted by Gasteiger charge is -2.09. The van der Waals surface area contributed by atoms with Crippen molar-refractivity contribution >= 4 is 46.2 Å². The first-order chi connectivity index (χ1) is 15.1. The van der Waals surface area contributed by atoms with Crippen LogP contribution in [-0.2, 0) is 17.6 Å². The summed E-state index contributed by atoms with van der Waals surface area (Å²) in [5, 5.41) is 33.8. The third-order valence-corrected chi connectivity index (χ3v) is 6.70. The van der Waals surface area contributed by atoms with Gasteiger partial charge < -0.3 is 10.4 Å². The maximum Gasteiger partial charge on any atom is 0.240 e. The second kappa shape index (κ2) is 9.63. The predicted octanol–water partition coefficient (Wildman–Crippen LogP) is 3.50. The number of fused-ring (bicyclic) bond motifs is 1. The van der Waals surface area contributed by atoms with E-state index in [4.69, 9.17) is 0 Å². The number of aromatic hydroxyl groups is 1. The average Bonchev–Trinajstić information content (AvgIpc) is 3.37. The highest BCUT2D eigenvalue weighted by Gasteiger charge is 2.21. The molecule has 0 spiro atoms. The highest BCUT2D eigenvalue weighted by molar-refractivity contribution is 7.99. The van der Waals surface area contributed by atoms with Crippen molar-refractivity contribution in [2.75, 3.05) is 16.5 Å². The number of para-hydroxylation sites is 1. The van der Waals surface area contributed by atoms with E-state index in [1.54, 1.807) is 24.3 Å². The molecule has 11 heteroatoms. The smallest absolute Gasteiger partial charge is 0.240 e. The van der Waals surface area contributed by atoms with Crippen molar-refractivity contribution in [3.8, 4) is 11.8 Å². The Morgan fingerprint density at radius 2 is 2.23 bits per heavy atom. The fourth-order valence-electron chi connectivity index (χ4n) is 3.19. The van der Waals surface area contributed by atoms with Gasteiger partial charge in [0.1, 0.15) is 16.8 Å². The van der Waals surface area contributed by atoms with Crippen molar-refractivity contribution in [3.63, 3.8) is 0 Å². The Hall–Kier alpha value is -3.36. The van der Waals surface area contributed by atoms with Crippen LogP contribution < -0.4 is 10.7 Å². The van der Waals surface area contributed by atoms with Gasteiger partial charge in [0.2, 0.25) is 17.0 Å². The van der Waals surface area contributed by atoms with Gasteiger partial charge in [0.05, 0.1) is 17.5 Å². The lowest BCUT2D eigenvalue weighted by atomic mass is 9.96. The fraction of sp³-hybridized carbons (Fsp3) is 0.250. The van der Waals surface area contributed by atoms with Gasteiger partial charge in [-0.05, 0) is 43.4 Å². The van der Waals surface area contributed by atoms with Crippen molar-refractivity contribution in [1.29, 1.82) is 5.26 Å². The van der Waals surface area contributed by atoms with Crippen molar-refractivity contribution in [2.45, 2.75) is 30.8 Å². The largest absolute Gasteiger partial charge is 0.507 e. The van der Waals surface area contributed by atoms with Crippen LogP contribution in [0.1, 0.15) is 34.4 Å². The number of nitrogens with one attached hydrogen (secondary N) is 3. The van der Waals surface area contributed by atoms with E-state index < -0.39 is 0 Å². The van der Waals surface area contributed by atoms with Crippen molar-refractivity contribution < 1.29 is 9.90 Å². The number of anilines is 2. The fourth-order valence-corrected chi connectivity index (χ4v) is 5.04. The van der Waals surface area contributed by atoms with Crippen molar-refractivity contribution in [1.82, 2.24) is 15.2 Å². The van der Waals surface area contributed by atoms with E-state index in [1.165, 1.54) is 34.2 Å². The highest BCUT2D eigenvalue weighted by atomic mass is 32.2. The average molecular weight is 454 g/mol. The number of benzene rings is 1. The predicted molar refractivity (Wildman–Crippen MR) is 121 cm³/mol. The Bertz CT molecular complexity index is 1160. The minimum Gasteiger partial charge on any atom is -0.507 e. The summed E-state index contributed by atoms with van der Waals surface area (Å²) >= 11 is 2.68. The van der Waals surface area contributed by atoms with E-state index in [0.717, 1.165) is 31.2 Å². The molecule has 0 saturated heterocycles. The first-order valence-corrected chi connectivity index (χ1v) is 11.4. The number of amides is 1. The van der Waals surface area contributed by atoms with E-state index >= 15 is 0 Å². The number of phenolic OH excluding ortho intramolecular Hbond substituents is 1. The summed E-state index contributed by atoms with van der Waals surface area (Å²) in [6.45, 7) is 0. The number of aromatic nitrogens is 3. The Morgan fingerprint density at radius 3 is 3.06 bits per heavy atom. The zero-order valence-corrected chi connectivity index (χ0v) is 18.0. The number of aromatic amines is 1. The van der Waals surface area contributed by atoms with Crippen LogP contribution in [0.2, 0.25) is 0 Å². The molecule has 0 aliphatic heterocycles. The number of aryl methyl sites for hydroxylation is 1. The van der Waals surface area contributed by atoms with Crippen molar-refractivity contribution in [2.24, 2.45) is 5.10 Å². The minimum absolute atomic E-state index is 0.117. The van der Waals surface area contributed by atoms with Crippen LogP contribution in [0.3, 0.4) is 0 Å². The molecule has 4 N–H and O–H groups in total. The maximum absolute atomic E-state index is 12.4. The summed E-state index contributed by atoms with van der Waals surface area (Å²) in [5.41, 5.74) is 4.95. The lowest BCUT2D eigenvalue weighted by molar-refractivity contribution is -0.113. The zero-order chi connectivity index (χ0) is 21.6. The number of carbonyl (C=O) groups excluding carboxylic acids is 1. The summed E-state index contributed by atoms with van der Waals surface area (Å²) in [7, 11) is 0. The number of thiophene rings is 1. The van der Waals surface area contributed by atoms with E-state index in [2.05, 4.69) is 37.1 Å². The number of carbonyl (C=O) groups is 1. The van der Waals surface area contributed by atoms with Crippen LogP contribution in [0.15, 0.2) is 34.5 Å². The Labute approximate surface area is 186 Å². The second-order valence-electron chi connectivity index (χ2n) is 6.76. The normalized spacial score (nSPS) is 13.0. The van der Waals surface area contributed by atoms with Crippen LogP contribution >= 0.6 is 23.1 Å². The number of nitriles is 1. The Morgan fingerprint density at radius 1 is 1.39 bits per heavy atom. The number of thioether (sulfide) groups is 1. The van der Waals surface area contributed by atoms with Gasteiger partial charge in [-0.25, -0.2) is 10.5 Å². The lowest BCUT2D eigenvalue weighted by Crippen LogP contribution is -2.14. The summed E-state index contributed by atoms with van der Waals surface area (Å²) in [4.78, 5) is 17.8. The molecule has 0 bridgehead atoms. The topological polar surface area (TPSA) is 139 Å². The molecule has 0 saturated carbocycles. The SMILES string of the molecule is N#Cc1c(NC(=O)CSc2n[nH]c(N/N=C\c3ccccc3O)n2)sc2c1CCCC2. The third-order valence-electron chi connectivity index (χ3n) is 4.64. The van der Waals surface area contributed by atoms with Crippen LogP contribution in [0.5, 0.6) is 5.75 Å². The quantitative estimate of drug-likeness (QED) is 0.244. The first-order valence-electron chi connectivity index (χ1n) is 9.61. The molecule has 31 heavy (non-hydrogen) atoms. The molecule has 158 valence electrons. The van der Waals surface area contributed by atoms with Gasteiger partial charge in [-0.15, -0.1) is 16.4 Å². The number of hydrazone groups is 1. The molecule has 0 fully saturated rings. The number of phenols is 1. The maximum atomic E-state index is 12.4. The van der Waals surface area contributed by atoms with E-state index in [1.807, 2.05) is 0 Å². The molecule has 1 aromatic carbocycles. The molecule has 1 aliphatic rings. The van der Waals surface area contributed by atoms with Gasteiger partial charge in [-0.2, -0.15) is 15.3 Å². The molecule has 0 unspecified atom stereocenters. The van der Waals surface area contributed by atoms with E-state index in [9.17, 15) is 15.2 Å². The first kappa shape index (κ1) is 20.9. The molecular weight excluding hydrogens is 434 g/mol. The molecule has 0 atom stereocenters. The number of rotatable bonds is 7. The second-order valence-corrected chi connectivity index (χ2v) is 8.81. The molecule has 1 aliphatic carbocycles. The molecule has 1 amide bonds. The van der Waals surface area contributed by atoms with Crippen LogP contribution in [0.4, 0.5) is 10.9 Å². The molecule has 0 radical (unpaired) electrons. The van der Waals surface area contributed by atoms with Crippen LogP contribution in [0, 0.1) is 11.3 Å². The zero-order valence-electron chi connectivity index (χ0n) is 16.4. The Balaban J connectivity index is 1.30. The molecule has 3 aromatic rings. The van der Waals surface area contributed by atoms with Crippen molar-refractivity contribution in [3.05, 3.63) is 45.8 Å². The van der Waals surface area contributed by atoms with Crippen LogP contribution in [0.25, 0.3) is 0 Å². The molecule has 2 aromatic heterocycles. The van der Waals surface area contributed by atoms with Gasteiger partial charge in [-0.3, -0.25) is 4.79 Å².